The van der Waals surface area contributed by atoms with Crippen molar-refractivity contribution in [3.05, 3.63) is 23.4 Å². The third-order valence-electron chi connectivity index (χ3n) is 2.08. The molecule has 0 radical (unpaired) electrons. The number of pyridine rings is 1. The number of carbonyl (C=O) groups is 1. The number of rotatable bonds is 3. The van der Waals surface area contributed by atoms with Gasteiger partial charge in [-0.1, -0.05) is 17.7 Å². The van der Waals surface area contributed by atoms with Crippen LogP contribution in [-0.4, -0.2) is 17.4 Å². The lowest BCUT2D eigenvalue weighted by atomic mass is 9.93. The smallest absolute Gasteiger partial charge is 0.232 e. The summed E-state index contributed by atoms with van der Waals surface area (Å²) < 4.78 is 0. The Kier molecular flexibility index (Phi) is 3.66. The lowest BCUT2D eigenvalue weighted by molar-refractivity contribution is -0.123. The molecule has 1 heterocycles. The molecule has 5 heteroatoms. The normalized spacial score (nSPS) is 11.2. The largest absolute Gasteiger partial charge is 0.329 e. The highest BCUT2D eigenvalue weighted by molar-refractivity contribution is 6.29. The minimum absolute atomic E-state index is 0.167. The van der Waals surface area contributed by atoms with Gasteiger partial charge in [-0.25, -0.2) is 4.98 Å². The van der Waals surface area contributed by atoms with E-state index in [1.165, 1.54) is 0 Å². The van der Waals surface area contributed by atoms with Crippen LogP contribution in [0.4, 0.5) is 5.82 Å². The molecule has 0 saturated heterocycles. The molecule has 0 atom stereocenters. The SMILES string of the molecule is CC(C)(CN)C(=O)Nc1cccc(Cl)n1. The highest BCUT2D eigenvalue weighted by atomic mass is 35.5. The summed E-state index contributed by atoms with van der Waals surface area (Å²) in [4.78, 5) is 15.7. The molecule has 1 aromatic heterocycles. The zero-order valence-electron chi connectivity index (χ0n) is 8.75. The van der Waals surface area contributed by atoms with Crippen molar-refractivity contribution in [1.82, 2.24) is 4.98 Å². The first-order valence-corrected chi connectivity index (χ1v) is 4.97. The number of nitrogens with one attached hydrogen (secondary N) is 1. The van der Waals surface area contributed by atoms with Crippen LogP contribution in [0.25, 0.3) is 0 Å². The van der Waals surface area contributed by atoms with Gasteiger partial charge in [-0.3, -0.25) is 4.79 Å². The molecular formula is C10H14ClN3O. The predicted octanol–water partition coefficient (Wildman–Crippen LogP) is 1.66. The van der Waals surface area contributed by atoms with Gasteiger partial charge in [-0.05, 0) is 26.0 Å². The molecule has 15 heavy (non-hydrogen) atoms. The Morgan fingerprint density at radius 3 is 2.80 bits per heavy atom. The molecule has 4 nitrogen and oxygen atoms in total. The van der Waals surface area contributed by atoms with Gasteiger partial charge >= 0.3 is 0 Å². The summed E-state index contributed by atoms with van der Waals surface area (Å²) in [7, 11) is 0. The quantitative estimate of drug-likeness (QED) is 0.772. The molecule has 3 N–H and O–H groups in total. The molecule has 0 spiro atoms. The standard InChI is InChI=1S/C10H14ClN3O/c1-10(2,6-12)9(15)14-8-5-3-4-7(11)13-8/h3-5H,6,12H2,1-2H3,(H,13,14,15). The average Bonchev–Trinajstić information content (AvgIpc) is 2.17. The number of hydrogen-bond donors (Lipinski definition) is 2. The zero-order chi connectivity index (χ0) is 11.5. The molecular weight excluding hydrogens is 214 g/mol. The van der Waals surface area contributed by atoms with Gasteiger partial charge in [0.25, 0.3) is 0 Å². The van der Waals surface area contributed by atoms with Crippen LogP contribution in [0.3, 0.4) is 0 Å². The maximum Gasteiger partial charge on any atom is 0.232 e. The summed E-state index contributed by atoms with van der Waals surface area (Å²) in [6.07, 6.45) is 0. The molecule has 1 rings (SSSR count). The number of hydrogen-bond acceptors (Lipinski definition) is 3. The number of amides is 1. The fourth-order valence-electron chi connectivity index (χ4n) is 0.856. The van der Waals surface area contributed by atoms with Crippen LogP contribution in [0.1, 0.15) is 13.8 Å². The molecule has 0 saturated carbocycles. The van der Waals surface area contributed by atoms with Crippen LogP contribution in [0.5, 0.6) is 0 Å². The van der Waals surface area contributed by atoms with Crippen molar-refractivity contribution in [2.24, 2.45) is 11.1 Å². The first-order chi connectivity index (χ1) is 6.95. The second-order valence-electron chi connectivity index (χ2n) is 3.89. The van der Waals surface area contributed by atoms with Crippen LogP contribution in [0, 0.1) is 5.41 Å². The molecule has 0 aromatic carbocycles. The Hall–Kier alpha value is -1.13. The Balaban J connectivity index is 2.75. The number of anilines is 1. The van der Waals surface area contributed by atoms with E-state index >= 15 is 0 Å². The number of nitrogens with two attached hydrogens (primary N) is 1. The summed E-state index contributed by atoms with van der Waals surface area (Å²) in [5, 5.41) is 3.01. The molecule has 0 bridgehead atoms. The lowest BCUT2D eigenvalue weighted by Crippen LogP contribution is -2.37. The van der Waals surface area contributed by atoms with Gasteiger partial charge in [0.05, 0.1) is 5.41 Å². The predicted molar refractivity (Wildman–Crippen MR) is 60.7 cm³/mol. The Bertz CT molecular complexity index is 365. The van der Waals surface area contributed by atoms with E-state index in [1.807, 2.05) is 0 Å². The third-order valence-corrected chi connectivity index (χ3v) is 2.29. The minimum Gasteiger partial charge on any atom is -0.329 e. The zero-order valence-corrected chi connectivity index (χ0v) is 9.51. The molecule has 0 unspecified atom stereocenters. The monoisotopic (exact) mass is 227 g/mol. The van der Waals surface area contributed by atoms with Gasteiger partial charge in [0, 0.05) is 6.54 Å². The van der Waals surface area contributed by atoms with Crippen molar-refractivity contribution in [2.75, 3.05) is 11.9 Å². The van der Waals surface area contributed by atoms with Crippen LogP contribution in [0.2, 0.25) is 5.15 Å². The van der Waals surface area contributed by atoms with Crippen LogP contribution in [-0.2, 0) is 4.79 Å². The summed E-state index contributed by atoms with van der Waals surface area (Å²) in [6.45, 7) is 3.82. The molecule has 1 aromatic rings. The second-order valence-corrected chi connectivity index (χ2v) is 4.27. The number of halogens is 1. The molecule has 0 aliphatic rings. The maximum atomic E-state index is 11.7. The second kappa shape index (κ2) is 4.59. The van der Waals surface area contributed by atoms with Gasteiger partial charge < -0.3 is 11.1 Å². The van der Waals surface area contributed by atoms with E-state index in [0.29, 0.717) is 11.0 Å². The summed E-state index contributed by atoms with van der Waals surface area (Å²) >= 11 is 5.69. The average molecular weight is 228 g/mol. The van der Waals surface area contributed by atoms with Gasteiger partial charge in [0.15, 0.2) is 0 Å². The van der Waals surface area contributed by atoms with Crippen molar-refractivity contribution >= 4 is 23.3 Å². The topological polar surface area (TPSA) is 68.0 Å². The van der Waals surface area contributed by atoms with Crippen LogP contribution < -0.4 is 11.1 Å². The third kappa shape index (κ3) is 3.18. The van der Waals surface area contributed by atoms with E-state index < -0.39 is 5.41 Å². The van der Waals surface area contributed by atoms with Crippen LogP contribution in [0.15, 0.2) is 18.2 Å². The Labute approximate surface area is 93.8 Å². The van der Waals surface area contributed by atoms with Gasteiger partial charge in [-0.15, -0.1) is 0 Å². The molecule has 0 aliphatic carbocycles. The van der Waals surface area contributed by atoms with E-state index in [9.17, 15) is 4.79 Å². The van der Waals surface area contributed by atoms with Crippen molar-refractivity contribution < 1.29 is 4.79 Å². The fourth-order valence-corrected chi connectivity index (χ4v) is 1.02. The van der Waals surface area contributed by atoms with Crippen molar-refractivity contribution in [3.8, 4) is 0 Å². The van der Waals surface area contributed by atoms with Crippen molar-refractivity contribution in [1.29, 1.82) is 0 Å². The minimum atomic E-state index is -0.607. The number of aromatic nitrogens is 1. The summed E-state index contributed by atoms with van der Waals surface area (Å²) in [5.41, 5.74) is 4.88. The summed E-state index contributed by atoms with van der Waals surface area (Å²) in [6, 6.07) is 5.04. The molecule has 0 aliphatic heterocycles. The molecule has 1 amide bonds. The number of nitrogens with zero attached hydrogens (tertiary/aromatic N) is 1. The fraction of sp³-hybridized carbons (Fsp3) is 0.400. The van der Waals surface area contributed by atoms with Crippen molar-refractivity contribution in [3.63, 3.8) is 0 Å². The van der Waals surface area contributed by atoms with Crippen molar-refractivity contribution in [2.45, 2.75) is 13.8 Å². The van der Waals surface area contributed by atoms with E-state index in [0.717, 1.165) is 0 Å². The first-order valence-electron chi connectivity index (χ1n) is 4.60. The molecule has 82 valence electrons. The maximum absolute atomic E-state index is 11.7. The van der Waals surface area contributed by atoms with Crippen LogP contribution >= 0.6 is 11.6 Å². The molecule has 0 fully saturated rings. The van der Waals surface area contributed by atoms with E-state index in [1.54, 1.807) is 32.0 Å². The van der Waals surface area contributed by atoms with Gasteiger partial charge in [0.2, 0.25) is 5.91 Å². The summed E-state index contributed by atoms with van der Waals surface area (Å²) in [5.74, 6) is 0.272. The highest BCUT2D eigenvalue weighted by Gasteiger charge is 2.25. The first kappa shape index (κ1) is 11.9. The number of carbonyl (C=O) groups excluding carboxylic acids is 1. The Morgan fingerprint density at radius 2 is 2.27 bits per heavy atom. The van der Waals surface area contributed by atoms with Gasteiger partial charge in [0.1, 0.15) is 11.0 Å². The van der Waals surface area contributed by atoms with E-state index in [4.69, 9.17) is 17.3 Å². The lowest BCUT2D eigenvalue weighted by Gasteiger charge is -2.20. The van der Waals surface area contributed by atoms with E-state index in [2.05, 4.69) is 10.3 Å². The highest BCUT2D eigenvalue weighted by Crippen LogP contribution is 2.16. The Morgan fingerprint density at radius 1 is 1.60 bits per heavy atom. The van der Waals surface area contributed by atoms with E-state index in [-0.39, 0.29) is 12.5 Å². The van der Waals surface area contributed by atoms with Gasteiger partial charge in [-0.2, -0.15) is 0 Å².